The average molecular weight is 629 g/mol. The van der Waals surface area contributed by atoms with Crippen LogP contribution in [-0.2, 0) is 20.6 Å². The molecule has 0 saturated carbocycles. The molecular formula is C27H30FN8O7P. The molecule has 3 aromatic heterocycles. The van der Waals surface area contributed by atoms with Crippen LogP contribution >= 0.6 is 7.82 Å². The molecule has 17 heteroatoms. The molecular weight excluding hydrogens is 598 g/mol. The van der Waals surface area contributed by atoms with Crippen molar-refractivity contribution in [2.75, 3.05) is 37.0 Å². The first kappa shape index (κ1) is 31.0. The van der Waals surface area contributed by atoms with E-state index in [1.165, 1.54) is 18.5 Å². The number of halogens is 1. The zero-order chi connectivity index (χ0) is 31.3. The van der Waals surface area contributed by atoms with Gasteiger partial charge in [-0.25, -0.2) is 23.2 Å². The Morgan fingerprint density at radius 2 is 2.05 bits per heavy atom. The fourth-order valence-electron chi connectivity index (χ4n) is 4.66. The second-order valence-corrected chi connectivity index (χ2v) is 10.9. The van der Waals surface area contributed by atoms with E-state index in [-0.39, 0.29) is 18.5 Å². The molecule has 232 valence electrons. The summed E-state index contributed by atoms with van der Waals surface area (Å²) < 4.78 is 36.7. The lowest BCUT2D eigenvalue weighted by molar-refractivity contribution is 0.0494. The van der Waals surface area contributed by atoms with Gasteiger partial charge in [-0.15, -0.1) is 0 Å². The zero-order valence-corrected chi connectivity index (χ0v) is 24.3. The van der Waals surface area contributed by atoms with E-state index >= 15 is 0 Å². The first-order chi connectivity index (χ1) is 21.0. The van der Waals surface area contributed by atoms with Gasteiger partial charge in [0.15, 0.2) is 5.82 Å². The normalized spacial score (nSPS) is 15.1. The van der Waals surface area contributed by atoms with Gasteiger partial charge in [-0.3, -0.25) is 10.00 Å². The van der Waals surface area contributed by atoms with E-state index in [2.05, 4.69) is 31.1 Å². The van der Waals surface area contributed by atoms with Gasteiger partial charge in [-0.2, -0.15) is 10.2 Å². The number of amides is 1. The lowest BCUT2D eigenvalue weighted by Gasteiger charge is -2.23. The number of nitrogens with one attached hydrogen (secondary N) is 3. The molecule has 0 aliphatic carbocycles. The highest BCUT2D eigenvalue weighted by molar-refractivity contribution is 7.45. The average Bonchev–Trinajstić information content (AvgIpc) is 3.52. The summed E-state index contributed by atoms with van der Waals surface area (Å²) in [6, 6.07) is 12.3. The summed E-state index contributed by atoms with van der Waals surface area (Å²) in [6.45, 7) is 4.46. The van der Waals surface area contributed by atoms with Crippen molar-refractivity contribution in [2.45, 2.75) is 19.5 Å². The second-order valence-electron chi connectivity index (χ2n) is 9.86. The molecule has 1 atom stereocenters. The Morgan fingerprint density at radius 1 is 1.23 bits per heavy atom. The molecule has 5 aromatic rings. The monoisotopic (exact) mass is 628 g/mol. The Bertz CT molecular complexity index is 1810. The number of fused-ring (bicyclic) bond motifs is 2. The van der Waals surface area contributed by atoms with Gasteiger partial charge in [0.05, 0.1) is 49.4 Å². The number of hydrogen-bond acceptors (Lipinski definition) is 9. The summed E-state index contributed by atoms with van der Waals surface area (Å²) in [5.74, 6) is 0.313. The topological polar surface area (TPSA) is 197 Å². The fraction of sp³-hybridized carbons (Fsp3) is 0.259. The van der Waals surface area contributed by atoms with Crippen LogP contribution in [0.4, 0.5) is 26.4 Å². The van der Waals surface area contributed by atoms with Crippen LogP contribution in [0, 0.1) is 12.7 Å². The fourth-order valence-corrected chi connectivity index (χ4v) is 4.66. The Balaban J connectivity index is 0.000000712. The molecule has 1 saturated heterocycles. The lowest BCUT2D eigenvalue weighted by atomic mass is 10.2. The molecule has 1 fully saturated rings. The Labute approximate surface area is 249 Å². The maximum Gasteiger partial charge on any atom is 0.466 e. The molecule has 0 spiro atoms. The molecule has 6 N–H and O–H groups in total. The van der Waals surface area contributed by atoms with Gasteiger partial charge in [-0.05, 0) is 42.8 Å². The van der Waals surface area contributed by atoms with Gasteiger partial charge < -0.3 is 34.8 Å². The van der Waals surface area contributed by atoms with Gasteiger partial charge in [-0.1, -0.05) is 12.1 Å². The van der Waals surface area contributed by atoms with Crippen LogP contribution in [0.5, 0.6) is 0 Å². The Morgan fingerprint density at radius 3 is 2.80 bits per heavy atom. The number of nitrogens with zero attached hydrogens (tertiary/aromatic N) is 5. The van der Waals surface area contributed by atoms with E-state index in [4.69, 9.17) is 28.7 Å². The van der Waals surface area contributed by atoms with Crippen LogP contribution in [0.3, 0.4) is 0 Å². The number of hydrogen-bond donors (Lipinski definition) is 6. The molecule has 4 heterocycles. The zero-order valence-electron chi connectivity index (χ0n) is 23.4. The van der Waals surface area contributed by atoms with E-state index in [1.807, 2.05) is 35.9 Å². The van der Waals surface area contributed by atoms with E-state index < -0.39 is 13.9 Å². The molecule has 0 unspecified atom stereocenters. The van der Waals surface area contributed by atoms with Crippen molar-refractivity contribution in [3.8, 4) is 0 Å². The number of ether oxygens (including phenoxy) is 2. The van der Waals surface area contributed by atoms with Crippen molar-refractivity contribution >= 4 is 47.5 Å². The molecule has 0 bridgehead atoms. The van der Waals surface area contributed by atoms with Crippen molar-refractivity contribution in [1.82, 2.24) is 29.7 Å². The van der Waals surface area contributed by atoms with E-state index in [0.29, 0.717) is 31.3 Å². The number of aryl methyl sites for hydroxylation is 1. The first-order valence-corrected chi connectivity index (χ1v) is 14.9. The number of phosphoric acid groups is 1. The number of aromatic nitrogens is 5. The summed E-state index contributed by atoms with van der Waals surface area (Å²) in [4.78, 5) is 38.4. The van der Waals surface area contributed by atoms with Crippen LogP contribution in [0.25, 0.3) is 16.4 Å². The van der Waals surface area contributed by atoms with E-state index in [0.717, 1.165) is 39.8 Å². The number of rotatable bonds is 7. The smallest absolute Gasteiger partial charge is 0.448 e. The molecule has 44 heavy (non-hydrogen) atoms. The van der Waals surface area contributed by atoms with Crippen molar-refractivity contribution < 1.29 is 37.9 Å². The van der Waals surface area contributed by atoms with Gasteiger partial charge in [0, 0.05) is 23.2 Å². The molecule has 1 aliphatic rings. The minimum atomic E-state index is -4.64. The van der Waals surface area contributed by atoms with Crippen LogP contribution in [0.15, 0.2) is 61.2 Å². The molecule has 1 amide bonds. The summed E-state index contributed by atoms with van der Waals surface area (Å²) >= 11 is 0. The van der Waals surface area contributed by atoms with Crippen molar-refractivity contribution in [3.05, 3.63) is 78.1 Å². The minimum absolute atomic E-state index is 0.0221. The van der Waals surface area contributed by atoms with Crippen molar-refractivity contribution in [1.29, 1.82) is 0 Å². The highest BCUT2D eigenvalue weighted by Crippen LogP contribution is 2.29. The number of morpholine rings is 1. The molecule has 0 radical (unpaired) electrons. The lowest BCUT2D eigenvalue weighted by Crippen LogP contribution is -2.44. The van der Waals surface area contributed by atoms with Crippen LogP contribution in [0.1, 0.15) is 11.1 Å². The van der Waals surface area contributed by atoms with Gasteiger partial charge in [0.1, 0.15) is 24.3 Å². The predicted molar refractivity (Wildman–Crippen MR) is 158 cm³/mol. The quantitative estimate of drug-likeness (QED) is 0.144. The Hall–Kier alpha value is -4.44. The summed E-state index contributed by atoms with van der Waals surface area (Å²) in [6.07, 6.45) is 4.40. The maximum atomic E-state index is 13.6. The van der Waals surface area contributed by atoms with Crippen molar-refractivity contribution in [2.24, 2.45) is 0 Å². The third-order valence-corrected chi connectivity index (χ3v) is 6.60. The third kappa shape index (κ3) is 8.13. The van der Waals surface area contributed by atoms with E-state index in [1.54, 1.807) is 23.0 Å². The molecule has 1 aliphatic heterocycles. The first-order valence-electron chi connectivity index (χ1n) is 13.4. The second kappa shape index (κ2) is 13.5. The minimum Gasteiger partial charge on any atom is -0.448 e. The maximum absolute atomic E-state index is 13.6. The highest BCUT2D eigenvalue weighted by Gasteiger charge is 2.18. The largest absolute Gasteiger partial charge is 0.466 e. The molecule has 15 nitrogen and oxygen atoms in total. The van der Waals surface area contributed by atoms with Crippen molar-refractivity contribution in [3.63, 3.8) is 0 Å². The summed E-state index contributed by atoms with van der Waals surface area (Å²) in [7, 11) is -4.64. The number of anilines is 3. The number of benzene rings is 2. The van der Waals surface area contributed by atoms with Crippen LogP contribution < -0.4 is 16.0 Å². The predicted octanol–water partition coefficient (Wildman–Crippen LogP) is 2.93. The SMILES string of the molecule is Cc1c(NC(=O)OC[C@@H]2COCCN2)cn2ncnc(Nc3ccc4c(cnn4Cc4cccc(F)c4)c3)c12.O=P(O)(O)O. The van der Waals surface area contributed by atoms with E-state index in [9.17, 15) is 9.18 Å². The standard InChI is InChI=1S/C27H27FN8O3.H3O4P/c1-17-23(34-27(37)39-15-22-14-38-8-7-29-22)13-36-25(17)26(30-16-32-36)33-21-5-6-24-19(10-21)11-31-35(24)12-18-3-2-4-20(28)9-18;1-5(2,3)4/h2-6,9-11,13,16,22,29H,7-8,12,14-15H2,1H3,(H,34,37)(H,30,32,33);(H3,1,2,3,4)/t22-;/m0./s1. The van der Waals surface area contributed by atoms with Crippen LogP contribution in [-0.4, -0.2) is 77.6 Å². The number of carbonyl (C=O) groups is 1. The van der Waals surface area contributed by atoms with Gasteiger partial charge in [0.25, 0.3) is 0 Å². The Kier molecular flexibility index (Phi) is 9.49. The third-order valence-electron chi connectivity index (χ3n) is 6.60. The molecule has 2 aromatic carbocycles. The highest BCUT2D eigenvalue weighted by atomic mass is 31.2. The number of carbonyl (C=O) groups excluding carboxylic acids is 1. The summed E-state index contributed by atoms with van der Waals surface area (Å²) in [5, 5.41) is 19.1. The van der Waals surface area contributed by atoms with Gasteiger partial charge in [0.2, 0.25) is 0 Å². The molecule has 6 rings (SSSR count). The summed E-state index contributed by atoms with van der Waals surface area (Å²) in [5.41, 5.74) is 4.66. The van der Waals surface area contributed by atoms with Gasteiger partial charge >= 0.3 is 13.9 Å². The van der Waals surface area contributed by atoms with Crippen LogP contribution in [0.2, 0.25) is 0 Å².